The number of thiophene rings is 4. The van der Waals surface area contributed by atoms with Crippen molar-refractivity contribution in [2.45, 2.75) is 79.0 Å². The number of alkyl carbamates (subject to hydrolysis) is 1. The summed E-state index contributed by atoms with van der Waals surface area (Å²) in [6.45, 7) is 13.6. The quantitative estimate of drug-likeness (QED) is 0.0182. The molecule has 460 valence electrons. The second-order valence-electron chi connectivity index (χ2n) is 21.0. The van der Waals surface area contributed by atoms with Crippen molar-refractivity contribution in [3.05, 3.63) is 165 Å². The molecule has 88 heavy (non-hydrogen) atoms. The highest BCUT2D eigenvalue weighted by atomic mass is 32.1. The van der Waals surface area contributed by atoms with Gasteiger partial charge in [-0.15, -0.1) is 45.3 Å². The number of ether oxygens (including phenoxy) is 5. The second-order valence-corrected chi connectivity index (χ2v) is 25.4. The van der Waals surface area contributed by atoms with Gasteiger partial charge in [-0.2, -0.15) is 20.5 Å². The van der Waals surface area contributed by atoms with Crippen LogP contribution in [0.15, 0.2) is 133 Å². The predicted octanol–water partition coefficient (Wildman–Crippen LogP) is 11.3. The number of aliphatic hydroxyl groups excluding tert-OH is 1. The van der Waals surface area contributed by atoms with Gasteiger partial charge in [0.25, 0.3) is 0 Å². The number of hydrogen-bond acceptors (Lipinski definition) is 24. The molecule has 1 amide bonds. The van der Waals surface area contributed by atoms with E-state index in [-0.39, 0.29) is 36.4 Å². The molecular weight excluding hydrogens is 1200 g/mol. The van der Waals surface area contributed by atoms with E-state index in [4.69, 9.17) is 46.0 Å². The lowest BCUT2D eigenvalue weighted by Crippen LogP contribution is -2.28. The van der Waals surface area contributed by atoms with Crippen LogP contribution < -0.4 is 41.8 Å². The maximum absolute atomic E-state index is 12.3. The zero-order valence-electron chi connectivity index (χ0n) is 50.0. The van der Waals surface area contributed by atoms with Crippen LogP contribution in [-0.4, -0.2) is 94.7 Å². The summed E-state index contributed by atoms with van der Waals surface area (Å²) in [6, 6.07) is 38.8. The Balaban J connectivity index is 0.000000240. The molecule has 0 bridgehead atoms. The van der Waals surface area contributed by atoms with E-state index < -0.39 is 29.2 Å². The smallest absolute Gasteiger partial charge is 0.407 e. The summed E-state index contributed by atoms with van der Waals surface area (Å²) in [5.41, 5.74) is 19.3. The zero-order chi connectivity index (χ0) is 63.8. The molecule has 0 fully saturated rings. The first-order valence-electron chi connectivity index (χ1n) is 27.3. The van der Waals surface area contributed by atoms with E-state index in [0.29, 0.717) is 51.0 Å². The van der Waals surface area contributed by atoms with Crippen molar-refractivity contribution in [1.82, 2.24) is 25.3 Å². The van der Waals surface area contributed by atoms with Crippen molar-refractivity contribution in [3.63, 3.8) is 0 Å². The highest BCUT2D eigenvalue weighted by Gasteiger charge is 2.22. The van der Waals surface area contributed by atoms with Gasteiger partial charge in [0.15, 0.2) is 0 Å². The molecule has 0 radical (unpaired) electrons. The van der Waals surface area contributed by atoms with Gasteiger partial charge in [0.1, 0.15) is 65.9 Å². The molecule has 0 saturated carbocycles. The minimum atomic E-state index is -0.678. The van der Waals surface area contributed by atoms with Crippen LogP contribution in [0, 0.1) is 22.7 Å². The number of hydrogen-bond donors (Lipinski definition) is 5. The molecule has 6 heterocycles. The fourth-order valence-electron chi connectivity index (χ4n) is 7.22. The average molecular weight is 1270 g/mol. The van der Waals surface area contributed by atoms with Crippen LogP contribution in [0.4, 0.5) is 26.4 Å². The number of nitrogens with zero attached hydrogens (tertiary/aromatic N) is 8. The lowest BCUT2D eigenvalue weighted by molar-refractivity contribution is -0.150. The van der Waals surface area contributed by atoms with E-state index in [1.807, 2.05) is 133 Å². The van der Waals surface area contributed by atoms with Crippen LogP contribution in [0.25, 0.3) is 31.7 Å². The van der Waals surface area contributed by atoms with Crippen molar-refractivity contribution >= 4 is 97.2 Å². The van der Waals surface area contributed by atoms with Crippen molar-refractivity contribution < 1.29 is 43.2 Å². The molecule has 21 nitrogen and oxygen atoms in total. The lowest BCUT2D eigenvalue weighted by atomic mass is 10.1. The third kappa shape index (κ3) is 22.9. The molecule has 0 aliphatic rings. The van der Waals surface area contributed by atoms with Crippen molar-refractivity contribution in [1.29, 1.82) is 10.5 Å². The monoisotopic (exact) mass is 1270 g/mol. The fourth-order valence-corrected chi connectivity index (χ4v) is 11.3. The van der Waals surface area contributed by atoms with Gasteiger partial charge in [-0.25, -0.2) is 24.4 Å². The molecule has 0 aliphatic heterocycles. The molecule has 0 spiro atoms. The standard InChI is InChI=1S/C32H34N6O5S2.C19H22N2O3S2.C12H14N4O/c1-32(2,3)43-29(39)23(18-33)17-24-9-10-25(44-24)26-11-12-28(45-26)38(4)15-16-41-31(40)36-19-21-5-7-22(8-6-21)20-42-30-35-14-13-27(34)37-30;1-19(2,3)24-18(23)13(12-20)11-14-5-6-15(25-14)16-7-8-17(26-16)21(4)9-10-22;13-7-9-1-3-10(4-2-9)8-17-12-15-6-5-11(14)16-12/h5-14,17H,15-16,19-20H2,1-4H3,(H,36,40)(H2,34,35,37);5-8,11,22H,9-10H2,1-4H3;1-6H,7-8,13H2,(H2,14,15,16)/b23-17+;13-11+;. The molecule has 8 aromatic rings. The normalized spacial score (nSPS) is 11.3. The van der Waals surface area contributed by atoms with E-state index in [1.165, 1.54) is 28.9 Å². The third-order valence-electron chi connectivity index (χ3n) is 11.6. The number of aromatic nitrogens is 4. The SMILES string of the molecule is CN(CCO)c1ccc(-c2ccc(/C=C(\C#N)C(=O)OC(C)(C)C)s2)s1.CN(CCOC(=O)NCc1ccc(COc2nccc(N)n2)cc1)c1ccc(-c2ccc(/C=C(\C#N)C(=O)OC(C)(C)C)s2)s1.NCc1ccc(COc2nccc(N)n2)cc1. The van der Waals surface area contributed by atoms with E-state index >= 15 is 0 Å². The van der Waals surface area contributed by atoms with Crippen LogP contribution in [-0.2, 0) is 50.1 Å². The summed E-state index contributed by atoms with van der Waals surface area (Å²) in [4.78, 5) is 62.4. The van der Waals surface area contributed by atoms with Crippen LogP contribution in [0.3, 0.4) is 0 Å². The molecular formula is C63H70N12O9S4. The van der Waals surface area contributed by atoms with E-state index in [2.05, 4.69) is 25.3 Å². The van der Waals surface area contributed by atoms with Gasteiger partial charge in [-0.05, 0) is 137 Å². The predicted molar refractivity (Wildman–Crippen MR) is 348 cm³/mol. The highest BCUT2D eigenvalue weighted by molar-refractivity contribution is 7.25. The molecule has 8 rings (SSSR count). The molecule has 0 aliphatic carbocycles. The Morgan fingerprint density at radius 3 is 1.41 bits per heavy atom. The Labute approximate surface area is 527 Å². The number of rotatable bonds is 22. The number of nitriles is 2. The molecule has 8 N–H and O–H groups in total. The van der Waals surface area contributed by atoms with Gasteiger partial charge < -0.3 is 61.1 Å². The first kappa shape index (κ1) is 67.9. The summed E-state index contributed by atoms with van der Waals surface area (Å²) in [5.74, 6) is -0.514. The van der Waals surface area contributed by atoms with Crippen LogP contribution in [0.5, 0.6) is 12.0 Å². The van der Waals surface area contributed by atoms with Crippen molar-refractivity contribution in [3.8, 4) is 43.7 Å². The second kappa shape index (κ2) is 33.1. The third-order valence-corrected chi connectivity index (χ3v) is 16.4. The average Bonchev–Trinajstić information content (AvgIpc) is 2.98. The molecule has 2 aromatic carbocycles. The number of likely N-dealkylation sites (N-methyl/N-ethyl adjacent to an activating group) is 2. The number of nitrogens with one attached hydrogen (secondary N) is 1. The summed E-state index contributed by atoms with van der Waals surface area (Å²) in [7, 11) is 3.87. The maximum atomic E-state index is 12.3. The summed E-state index contributed by atoms with van der Waals surface area (Å²) in [5, 5.41) is 32.6. The lowest BCUT2D eigenvalue weighted by Gasteiger charge is -2.18. The molecule has 0 atom stereocenters. The summed E-state index contributed by atoms with van der Waals surface area (Å²) >= 11 is 6.22. The molecule has 6 aromatic heterocycles. The number of aliphatic hydroxyl groups is 1. The summed E-state index contributed by atoms with van der Waals surface area (Å²) in [6.07, 6.45) is 5.72. The minimum Gasteiger partial charge on any atom is -0.459 e. The van der Waals surface area contributed by atoms with Gasteiger partial charge in [0.05, 0.1) is 23.2 Å². The van der Waals surface area contributed by atoms with Gasteiger partial charge in [-0.3, -0.25) is 0 Å². The Morgan fingerprint density at radius 1 is 0.591 bits per heavy atom. The first-order valence-corrected chi connectivity index (χ1v) is 30.6. The number of amides is 1. The van der Waals surface area contributed by atoms with E-state index in [0.717, 1.165) is 61.5 Å². The topological polar surface area (TPSA) is 313 Å². The number of nitrogen functional groups attached to an aromatic ring is 2. The highest BCUT2D eigenvalue weighted by Crippen LogP contribution is 2.39. The van der Waals surface area contributed by atoms with Gasteiger partial charge >= 0.3 is 30.1 Å². The number of esters is 2. The minimum absolute atomic E-state index is 0.0112. The van der Waals surface area contributed by atoms with Gasteiger partial charge in [0, 0.05) is 75.4 Å². The maximum Gasteiger partial charge on any atom is 0.407 e. The van der Waals surface area contributed by atoms with Gasteiger partial charge in [-0.1, -0.05) is 48.5 Å². The number of anilines is 4. The zero-order valence-corrected chi connectivity index (χ0v) is 53.3. The molecule has 0 saturated heterocycles. The first-order chi connectivity index (χ1) is 42.0. The Hall–Kier alpha value is -9.21. The Kier molecular flexibility index (Phi) is 25.5. The fraction of sp³-hybridized carbons (Fsp3) is 0.286. The van der Waals surface area contributed by atoms with Gasteiger partial charge in [0.2, 0.25) is 0 Å². The molecule has 0 unspecified atom stereocenters. The largest absolute Gasteiger partial charge is 0.459 e. The number of carbonyl (C=O) groups excluding carboxylic acids is 3. The van der Waals surface area contributed by atoms with E-state index in [1.54, 1.807) is 94.7 Å². The number of nitrogens with two attached hydrogens (primary N) is 3. The summed E-state index contributed by atoms with van der Waals surface area (Å²) < 4.78 is 26.9. The molecule has 25 heteroatoms. The van der Waals surface area contributed by atoms with Crippen molar-refractivity contribution in [2.75, 3.05) is 61.7 Å². The van der Waals surface area contributed by atoms with Crippen LogP contribution in [0.1, 0.15) is 73.6 Å². The Morgan fingerprint density at radius 2 is 1.00 bits per heavy atom. The number of carbonyl (C=O) groups is 3. The van der Waals surface area contributed by atoms with E-state index in [9.17, 15) is 24.9 Å². The van der Waals surface area contributed by atoms with Crippen LogP contribution in [0.2, 0.25) is 0 Å². The van der Waals surface area contributed by atoms with Crippen LogP contribution >= 0.6 is 45.3 Å². The van der Waals surface area contributed by atoms with Crippen molar-refractivity contribution in [2.24, 2.45) is 5.73 Å². The Bertz CT molecular complexity index is 3720. The number of benzene rings is 2.